The number of benzene rings is 1. The molecule has 0 fully saturated rings. The van der Waals surface area contributed by atoms with Gasteiger partial charge in [-0.1, -0.05) is 0 Å². The molecule has 2 N–H and O–H groups in total. The number of H-pyrrole nitrogens is 1. The van der Waals surface area contributed by atoms with Crippen LogP contribution in [0, 0.1) is 6.92 Å². The van der Waals surface area contributed by atoms with Crippen molar-refractivity contribution in [1.82, 2.24) is 9.97 Å². The van der Waals surface area contributed by atoms with E-state index in [1.807, 2.05) is 6.92 Å². The van der Waals surface area contributed by atoms with E-state index in [9.17, 15) is 0 Å². The molecule has 0 unspecified atom stereocenters. The highest BCUT2D eigenvalue weighted by atomic mass is 35.5. The van der Waals surface area contributed by atoms with Gasteiger partial charge in [0.25, 0.3) is 0 Å². The van der Waals surface area contributed by atoms with E-state index in [4.69, 9.17) is 16.7 Å². The Hall–Kier alpha value is -1.48. The van der Waals surface area contributed by atoms with Crippen molar-refractivity contribution in [1.29, 1.82) is 0 Å². The van der Waals surface area contributed by atoms with Crippen molar-refractivity contribution in [3.05, 3.63) is 35.2 Å². The summed E-state index contributed by atoms with van der Waals surface area (Å²) in [5.74, 6) is 0.244. The third kappa shape index (κ3) is 1.59. The van der Waals surface area contributed by atoms with Gasteiger partial charge < -0.3 is 10.1 Å². The van der Waals surface area contributed by atoms with E-state index in [0.717, 1.165) is 17.0 Å². The van der Waals surface area contributed by atoms with E-state index in [2.05, 4.69) is 9.97 Å². The highest BCUT2D eigenvalue weighted by molar-refractivity contribution is 6.28. The van der Waals surface area contributed by atoms with Crippen molar-refractivity contribution in [3.63, 3.8) is 0 Å². The van der Waals surface area contributed by atoms with E-state index in [0.29, 0.717) is 5.28 Å². The average Bonchev–Trinajstić information content (AvgIpc) is 2.47. The molecule has 1 aromatic heterocycles. The number of halogens is 1. The Kier molecular flexibility index (Phi) is 2.17. The Morgan fingerprint density at radius 2 is 1.93 bits per heavy atom. The van der Waals surface area contributed by atoms with Gasteiger partial charge >= 0.3 is 0 Å². The first-order valence-electron chi connectivity index (χ1n) is 4.18. The number of aromatic hydroxyl groups is 1. The smallest absolute Gasteiger partial charge is 0.200 e. The van der Waals surface area contributed by atoms with Crippen molar-refractivity contribution in [2.24, 2.45) is 0 Å². The fourth-order valence-electron chi connectivity index (χ4n) is 1.32. The minimum absolute atomic E-state index is 0.244. The number of aromatic nitrogens is 2. The molecule has 72 valence electrons. The molecule has 0 radical (unpaired) electrons. The van der Waals surface area contributed by atoms with E-state index in [1.165, 1.54) is 0 Å². The maximum atomic E-state index is 9.12. The molecule has 0 amide bonds. The number of hydrogen-bond donors (Lipinski definition) is 2. The minimum atomic E-state index is 0.244. The quantitative estimate of drug-likeness (QED) is 0.757. The van der Waals surface area contributed by atoms with Crippen molar-refractivity contribution < 1.29 is 5.11 Å². The Balaban J connectivity index is 2.49. The van der Waals surface area contributed by atoms with E-state index in [1.54, 1.807) is 24.3 Å². The molecule has 1 aromatic carbocycles. The zero-order valence-corrected chi connectivity index (χ0v) is 8.34. The topological polar surface area (TPSA) is 48.9 Å². The number of hydrogen-bond acceptors (Lipinski definition) is 2. The number of phenolic OH excluding ortho intramolecular Hbond substituents is 1. The lowest BCUT2D eigenvalue weighted by Gasteiger charge is -1.98. The van der Waals surface area contributed by atoms with Crippen LogP contribution in [0.5, 0.6) is 5.75 Å². The molecular formula is C10H9ClN2O. The first kappa shape index (κ1) is 9.09. The van der Waals surface area contributed by atoms with Crippen LogP contribution < -0.4 is 0 Å². The zero-order chi connectivity index (χ0) is 10.1. The summed E-state index contributed by atoms with van der Waals surface area (Å²) in [5, 5.41) is 9.50. The van der Waals surface area contributed by atoms with Crippen LogP contribution in [0.15, 0.2) is 24.3 Å². The molecule has 2 aromatic rings. The number of aromatic amines is 1. The van der Waals surface area contributed by atoms with Crippen LogP contribution in [0.4, 0.5) is 0 Å². The summed E-state index contributed by atoms with van der Waals surface area (Å²) >= 11 is 5.73. The van der Waals surface area contributed by atoms with Crippen molar-refractivity contribution >= 4 is 11.6 Å². The summed E-state index contributed by atoms with van der Waals surface area (Å²) in [6.07, 6.45) is 0. The molecule has 0 aliphatic rings. The molecule has 1 heterocycles. The van der Waals surface area contributed by atoms with Gasteiger partial charge in [-0.2, -0.15) is 0 Å². The van der Waals surface area contributed by atoms with Crippen LogP contribution in [-0.2, 0) is 0 Å². The van der Waals surface area contributed by atoms with E-state index < -0.39 is 0 Å². The van der Waals surface area contributed by atoms with Gasteiger partial charge in [0.2, 0.25) is 5.28 Å². The second-order valence-corrected chi connectivity index (χ2v) is 3.41. The van der Waals surface area contributed by atoms with Crippen LogP contribution in [0.3, 0.4) is 0 Å². The highest BCUT2D eigenvalue weighted by Gasteiger charge is 2.06. The monoisotopic (exact) mass is 208 g/mol. The van der Waals surface area contributed by atoms with Gasteiger partial charge in [-0.15, -0.1) is 0 Å². The predicted molar refractivity (Wildman–Crippen MR) is 55.4 cm³/mol. The summed E-state index contributed by atoms with van der Waals surface area (Å²) in [6, 6.07) is 6.85. The van der Waals surface area contributed by atoms with Crippen molar-refractivity contribution in [2.75, 3.05) is 0 Å². The van der Waals surface area contributed by atoms with Crippen LogP contribution in [0.1, 0.15) is 5.69 Å². The summed E-state index contributed by atoms with van der Waals surface area (Å²) in [4.78, 5) is 7.05. The number of imidazole rings is 1. The maximum absolute atomic E-state index is 9.12. The molecule has 14 heavy (non-hydrogen) atoms. The number of nitrogens with zero attached hydrogens (tertiary/aromatic N) is 1. The van der Waals surface area contributed by atoms with E-state index in [-0.39, 0.29) is 5.75 Å². The largest absolute Gasteiger partial charge is 0.508 e. The lowest BCUT2D eigenvalue weighted by Crippen LogP contribution is -1.80. The predicted octanol–water partition coefficient (Wildman–Crippen LogP) is 2.74. The van der Waals surface area contributed by atoms with Crippen LogP contribution >= 0.6 is 11.6 Å². The molecule has 4 heteroatoms. The Morgan fingerprint density at radius 3 is 2.43 bits per heavy atom. The van der Waals surface area contributed by atoms with Crippen LogP contribution in [0.2, 0.25) is 5.28 Å². The normalized spacial score (nSPS) is 10.4. The zero-order valence-electron chi connectivity index (χ0n) is 7.58. The minimum Gasteiger partial charge on any atom is -0.508 e. The first-order valence-corrected chi connectivity index (χ1v) is 4.56. The van der Waals surface area contributed by atoms with Gasteiger partial charge in [0.15, 0.2) is 0 Å². The van der Waals surface area contributed by atoms with Gasteiger partial charge in [0.05, 0.1) is 5.69 Å². The fourth-order valence-corrected chi connectivity index (χ4v) is 1.55. The molecule has 0 bridgehead atoms. The summed E-state index contributed by atoms with van der Waals surface area (Å²) < 4.78 is 0. The molecule has 0 saturated heterocycles. The van der Waals surface area contributed by atoms with Gasteiger partial charge in [0.1, 0.15) is 5.75 Å². The summed E-state index contributed by atoms with van der Waals surface area (Å²) in [5.41, 5.74) is 2.67. The highest BCUT2D eigenvalue weighted by Crippen LogP contribution is 2.24. The molecule has 0 aliphatic carbocycles. The number of aryl methyl sites for hydroxylation is 1. The van der Waals surface area contributed by atoms with Gasteiger partial charge in [-0.3, -0.25) is 0 Å². The van der Waals surface area contributed by atoms with Gasteiger partial charge in [-0.25, -0.2) is 4.98 Å². The van der Waals surface area contributed by atoms with Gasteiger partial charge in [0, 0.05) is 11.3 Å². The standard InChI is InChI=1S/C10H9ClN2O/c1-6-9(13-10(11)12-6)7-2-4-8(14)5-3-7/h2-5,14H,1H3,(H,12,13). The molecule has 0 spiro atoms. The average molecular weight is 209 g/mol. The fraction of sp³-hybridized carbons (Fsp3) is 0.100. The molecule has 0 atom stereocenters. The second-order valence-electron chi connectivity index (χ2n) is 3.05. The Morgan fingerprint density at radius 1 is 1.29 bits per heavy atom. The van der Waals surface area contributed by atoms with Crippen molar-refractivity contribution in [2.45, 2.75) is 6.92 Å². The number of nitrogens with one attached hydrogen (secondary N) is 1. The number of rotatable bonds is 1. The Labute approximate surface area is 86.4 Å². The van der Waals surface area contributed by atoms with Crippen LogP contribution in [-0.4, -0.2) is 15.1 Å². The second kappa shape index (κ2) is 3.35. The molecule has 3 nitrogen and oxygen atoms in total. The molecule has 2 rings (SSSR count). The summed E-state index contributed by atoms with van der Waals surface area (Å²) in [7, 11) is 0. The molecular weight excluding hydrogens is 200 g/mol. The third-order valence-corrected chi connectivity index (χ3v) is 2.18. The third-order valence-electron chi connectivity index (χ3n) is 2.00. The summed E-state index contributed by atoms with van der Waals surface area (Å²) in [6.45, 7) is 1.90. The molecule has 0 aliphatic heterocycles. The lowest BCUT2D eigenvalue weighted by molar-refractivity contribution is 0.475. The molecule has 0 saturated carbocycles. The number of phenols is 1. The van der Waals surface area contributed by atoms with E-state index >= 15 is 0 Å². The maximum Gasteiger partial charge on any atom is 0.200 e. The SMILES string of the molecule is Cc1[nH]c(Cl)nc1-c1ccc(O)cc1. The first-order chi connectivity index (χ1) is 6.66. The van der Waals surface area contributed by atoms with Crippen LogP contribution in [0.25, 0.3) is 11.3 Å². The van der Waals surface area contributed by atoms with Gasteiger partial charge in [-0.05, 0) is 42.8 Å². The lowest BCUT2D eigenvalue weighted by atomic mass is 10.1. The Bertz CT molecular complexity index is 448. The van der Waals surface area contributed by atoms with Crippen molar-refractivity contribution in [3.8, 4) is 17.0 Å².